The molecular formula is C21H25N5O. The van der Waals surface area contributed by atoms with Crippen LogP contribution in [0.15, 0.2) is 48.8 Å². The maximum Gasteiger partial charge on any atom is 0.142 e. The van der Waals surface area contributed by atoms with E-state index in [2.05, 4.69) is 25.2 Å². The zero-order valence-electron chi connectivity index (χ0n) is 16.2. The average molecular weight is 363 g/mol. The second-order valence-electron chi connectivity index (χ2n) is 6.51. The van der Waals surface area contributed by atoms with E-state index in [0.29, 0.717) is 0 Å². The summed E-state index contributed by atoms with van der Waals surface area (Å²) in [6.45, 7) is 4.81. The lowest BCUT2D eigenvalue weighted by Gasteiger charge is -2.20. The fourth-order valence-electron chi connectivity index (χ4n) is 2.83. The van der Waals surface area contributed by atoms with Gasteiger partial charge in [0.05, 0.1) is 12.8 Å². The van der Waals surface area contributed by atoms with Crippen molar-refractivity contribution in [1.29, 1.82) is 0 Å². The topological polar surface area (TPSA) is 63.2 Å². The zero-order valence-corrected chi connectivity index (χ0v) is 16.2. The van der Waals surface area contributed by atoms with Gasteiger partial charge >= 0.3 is 0 Å². The monoisotopic (exact) mass is 363 g/mol. The highest BCUT2D eigenvalue weighted by atomic mass is 16.5. The minimum Gasteiger partial charge on any atom is -0.495 e. The van der Waals surface area contributed by atoms with Gasteiger partial charge in [-0.15, -0.1) is 0 Å². The van der Waals surface area contributed by atoms with Gasteiger partial charge < -0.3 is 15.0 Å². The molecule has 0 radical (unpaired) electrons. The van der Waals surface area contributed by atoms with Gasteiger partial charge in [-0.05, 0) is 55.7 Å². The van der Waals surface area contributed by atoms with E-state index in [1.807, 2.05) is 69.7 Å². The third-order valence-corrected chi connectivity index (χ3v) is 4.32. The number of anilines is 3. The molecule has 0 saturated heterocycles. The maximum absolute atomic E-state index is 5.45. The Morgan fingerprint density at radius 2 is 1.81 bits per heavy atom. The van der Waals surface area contributed by atoms with Crippen molar-refractivity contribution in [2.75, 3.05) is 30.9 Å². The Hall–Kier alpha value is -3.15. The molecule has 140 valence electrons. The minimum atomic E-state index is 0.720. The summed E-state index contributed by atoms with van der Waals surface area (Å²) in [5.41, 5.74) is 3.30. The molecule has 2 aromatic heterocycles. The van der Waals surface area contributed by atoms with Crippen molar-refractivity contribution in [3.63, 3.8) is 0 Å². The van der Waals surface area contributed by atoms with Crippen LogP contribution in [0.5, 0.6) is 5.75 Å². The summed E-state index contributed by atoms with van der Waals surface area (Å²) >= 11 is 0. The van der Waals surface area contributed by atoms with Crippen molar-refractivity contribution in [3.05, 3.63) is 65.7 Å². The average Bonchev–Trinajstić information content (AvgIpc) is 2.66. The second-order valence-corrected chi connectivity index (χ2v) is 6.51. The van der Waals surface area contributed by atoms with Gasteiger partial charge in [-0.3, -0.25) is 4.98 Å². The van der Waals surface area contributed by atoms with Crippen LogP contribution in [0.2, 0.25) is 0 Å². The molecule has 0 aliphatic carbocycles. The van der Waals surface area contributed by atoms with E-state index in [-0.39, 0.29) is 0 Å². The molecule has 0 unspecified atom stereocenters. The number of rotatable bonds is 7. The Kier molecular flexibility index (Phi) is 5.86. The van der Waals surface area contributed by atoms with Crippen LogP contribution < -0.4 is 15.0 Å². The van der Waals surface area contributed by atoms with E-state index in [0.717, 1.165) is 47.4 Å². The number of hydrogen-bond acceptors (Lipinski definition) is 6. The smallest absolute Gasteiger partial charge is 0.142 e. The Bertz CT molecular complexity index is 898. The number of benzene rings is 1. The number of aryl methyl sites for hydroxylation is 2. The summed E-state index contributed by atoms with van der Waals surface area (Å²) in [5.74, 6) is 3.13. The molecule has 0 spiro atoms. The fourth-order valence-corrected chi connectivity index (χ4v) is 2.83. The summed E-state index contributed by atoms with van der Waals surface area (Å²) < 4.78 is 5.45. The first-order valence-corrected chi connectivity index (χ1v) is 8.92. The predicted octanol–water partition coefficient (Wildman–Crippen LogP) is 3.92. The third-order valence-electron chi connectivity index (χ3n) is 4.32. The van der Waals surface area contributed by atoms with Crippen LogP contribution in [0.25, 0.3) is 0 Å². The largest absolute Gasteiger partial charge is 0.495 e. The summed E-state index contributed by atoms with van der Waals surface area (Å²) in [4.78, 5) is 15.3. The molecule has 27 heavy (non-hydrogen) atoms. The molecule has 0 aliphatic rings. The molecule has 6 heteroatoms. The summed E-state index contributed by atoms with van der Waals surface area (Å²) in [5, 5.41) is 3.36. The van der Waals surface area contributed by atoms with E-state index in [9.17, 15) is 0 Å². The van der Waals surface area contributed by atoms with E-state index in [1.165, 1.54) is 5.56 Å². The van der Waals surface area contributed by atoms with E-state index >= 15 is 0 Å². The van der Waals surface area contributed by atoms with Gasteiger partial charge in [0.25, 0.3) is 0 Å². The van der Waals surface area contributed by atoms with Crippen LogP contribution in [0.3, 0.4) is 0 Å². The van der Waals surface area contributed by atoms with E-state index < -0.39 is 0 Å². The highest BCUT2D eigenvalue weighted by Gasteiger charge is 2.10. The molecule has 0 amide bonds. The van der Waals surface area contributed by atoms with Gasteiger partial charge in [-0.25, -0.2) is 9.97 Å². The van der Waals surface area contributed by atoms with Crippen LogP contribution in [0.4, 0.5) is 17.3 Å². The lowest BCUT2D eigenvalue weighted by Crippen LogP contribution is -2.22. The lowest BCUT2D eigenvalue weighted by molar-refractivity contribution is 0.416. The van der Waals surface area contributed by atoms with Gasteiger partial charge in [-0.1, -0.05) is 6.07 Å². The normalized spacial score (nSPS) is 10.5. The standard InChI is InChI=1S/C21H25N5O/c1-15-5-6-19(27-4)18(13-15)25-20-14-21(24-16(2)23-20)26(3)12-9-17-7-10-22-11-8-17/h5-8,10-11,13-14H,9,12H2,1-4H3,(H,23,24,25). The van der Waals surface area contributed by atoms with Crippen LogP contribution in [0.1, 0.15) is 17.0 Å². The highest BCUT2D eigenvalue weighted by molar-refractivity contribution is 5.66. The predicted molar refractivity (Wildman–Crippen MR) is 109 cm³/mol. The first-order valence-electron chi connectivity index (χ1n) is 8.92. The molecule has 0 fully saturated rings. The number of pyridine rings is 1. The molecule has 6 nitrogen and oxygen atoms in total. The number of likely N-dealkylation sites (N-methyl/N-ethyl adjacent to an activating group) is 1. The molecule has 3 aromatic rings. The van der Waals surface area contributed by atoms with Gasteiger partial charge in [0.1, 0.15) is 23.2 Å². The third kappa shape index (κ3) is 4.94. The number of nitrogens with zero attached hydrogens (tertiary/aromatic N) is 4. The zero-order chi connectivity index (χ0) is 19.2. The highest BCUT2D eigenvalue weighted by Crippen LogP contribution is 2.28. The second kappa shape index (κ2) is 8.49. The molecule has 0 aliphatic heterocycles. The van der Waals surface area contributed by atoms with Crippen LogP contribution in [-0.2, 0) is 6.42 Å². The Morgan fingerprint density at radius 3 is 2.56 bits per heavy atom. The Balaban J connectivity index is 1.77. The van der Waals surface area contributed by atoms with Gasteiger partial charge in [0, 0.05) is 32.1 Å². The maximum atomic E-state index is 5.45. The lowest BCUT2D eigenvalue weighted by atomic mass is 10.2. The van der Waals surface area contributed by atoms with E-state index in [1.54, 1.807) is 7.11 Å². The van der Waals surface area contributed by atoms with Gasteiger partial charge in [0.15, 0.2) is 0 Å². The van der Waals surface area contributed by atoms with Crippen molar-refractivity contribution in [1.82, 2.24) is 15.0 Å². The Labute approximate surface area is 160 Å². The quantitative estimate of drug-likeness (QED) is 0.686. The molecule has 0 saturated carbocycles. The molecule has 0 bridgehead atoms. The summed E-state index contributed by atoms with van der Waals surface area (Å²) in [7, 11) is 3.71. The van der Waals surface area contributed by atoms with Crippen molar-refractivity contribution in [2.45, 2.75) is 20.3 Å². The molecule has 0 atom stereocenters. The molecule has 1 N–H and O–H groups in total. The van der Waals surface area contributed by atoms with Crippen LogP contribution in [0, 0.1) is 13.8 Å². The number of nitrogens with one attached hydrogen (secondary N) is 1. The number of aromatic nitrogens is 3. The van der Waals surface area contributed by atoms with Crippen molar-refractivity contribution >= 4 is 17.3 Å². The van der Waals surface area contributed by atoms with Crippen molar-refractivity contribution in [2.24, 2.45) is 0 Å². The van der Waals surface area contributed by atoms with Gasteiger partial charge in [-0.2, -0.15) is 0 Å². The van der Waals surface area contributed by atoms with Gasteiger partial charge in [0.2, 0.25) is 0 Å². The van der Waals surface area contributed by atoms with Crippen LogP contribution >= 0.6 is 0 Å². The molecule has 1 aromatic carbocycles. The SMILES string of the molecule is COc1ccc(C)cc1Nc1cc(N(C)CCc2ccncc2)nc(C)n1. The van der Waals surface area contributed by atoms with Crippen molar-refractivity contribution < 1.29 is 4.74 Å². The molecule has 3 rings (SSSR count). The van der Waals surface area contributed by atoms with Crippen LogP contribution in [-0.4, -0.2) is 35.7 Å². The molecule has 2 heterocycles. The fraction of sp³-hybridized carbons (Fsp3) is 0.286. The first-order chi connectivity index (χ1) is 13.0. The number of methoxy groups -OCH3 is 1. The first kappa shape index (κ1) is 18.6. The summed E-state index contributed by atoms with van der Waals surface area (Å²) in [6, 6.07) is 12.1. The Morgan fingerprint density at radius 1 is 1.04 bits per heavy atom. The number of hydrogen-bond donors (Lipinski definition) is 1. The summed E-state index contributed by atoms with van der Waals surface area (Å²) in [6.07, 6.45) is 4.57. The van der Waals surface area contributed by atoms with E-state index in [4.69, 9.17) is 4.74 Å². The minimum absolute atomic E-state index is 0.720. The number of ether oxygens (including phenoxy) is 1. The molecular weight excluding hydrogens is 338 g/mol. The van der Waals surface area contributed by atoms with Crippen molar-refractivity contribution in [3.8, 4) is 5.75 Å².